The van der Waals surface area contributed by atoms with Gasteiger partial charge in [0, 0.05) is 18.7 Å². The predicted molar refractivity (Wildman–Crippen MR) is 97.4 cm³/mol. The van der Waals surface area contributed by atoms with E-state index >= 15 is 0 Å². The zero-order chi connectivity index (χ0) is 18.8. The third-order valence-corrected chi connectivity index (χ3v) is 4.11. The van der Waals surface area contributed by atoms with Crippen molar-refractivity contribution in [1.29, 1.82) is 0 Å². The summed E-state index contributed by atoms with van der Waals surface area (Å²) in [4.78, 5) is 39.0. The Morgan fingerprint density at radius 3 is 2.69 bits per heavy atom. The molecule has 1 heterocycles. The van der Waals surface area contributed by atoms with Crippen LogP contribution in [0.3, 0.4) is 0 Å². The molecule has 26 heavy (non-hydrogen) atoms. The Morgan fingerprint density at radius 2 is 2.00 bits per heavy atom. The number of nitro benzene ring substituents is 1. The van der Waals surface area contributed by atoms with Gasteiger partial charge in [-0.05, 0) is 31.2 Å². The zero-order valence-corrected chi connectivity index (χ0v) is 14.2. The first-order valence-electron chi connectivity index (χ1n) is 7.86. The number of benzene rings is 2. The molecule has 0 bridgehead atoms. The highest BCUT2D eigenvalue weighted by Crippen LogP contribution is 2.26. The summed E-state index contributed by atoms with van der Waals surface area (Å²) in [5, 5.41) is 14.7. The normalized spacial score (nSPS) is 10.7. The lowest BCUT2D eigenvalue weighted by Gasteiger charge is -2.11. The van der Waals surface area contributed by atoms with Crippen LogP contribution < -0.4 is 10.9 Å². The van der Waals surface area contributed by atoms with E-state index in [1.807, 2.05) is 0 Å². The van der Waals surface area contributed by atoms with Crippen LogP contribution in [0.2, 0.25) is 0 Å². The Morgan fingerprint density at radius 1 is 1.27 bits per heavy atom. The number of anilines is 1. The minimum atomic E-state index is -0.554. The number of nitro groups is 1. The summed E-state index contributed by atoms with van der Waals surface area (Å²) < 4.78 is 1.41. The smallest absolute Gasteiger partial charge is 0.293 e. The molecule has 1 N–H and O–H groups in total. The molecule has 1 aromatic heterocycles. The van der Waals surface area contributed by atoms with Gasteiger partial charge in [0.2, 0.25) is 0 Å². The second-order valence-electron chi connectivity index (χ2n) is 5.81. The molecule has 0 saturated carbocycles. The van der Waals surface area contributed by atoms with Crippen molar-refractivity contribution in [3.63, 3.8) is 0 Å². The number of carbonyl (C=O) groups excluding carboxylic acids is 1. The van der Waals surface area contributed by atoms with Gasteiger partial charge in [-0.1, -0.05) is 12.1 Å². The number of para-hydroxylation sites is 1. The molecule has 0 amide bonds. The van der Waals surface area contributed by atoms with Crippen molar-refractivity contribution in [2.75, 3.05) is 5.32 Å². The maximum absolute atomic E-state index is 12.4. The maximum atomic E-state index is 12.4. The lowest BCUT2D eigenvalue weighted by molar-refractivity contribution is -0.384. The second-order valence-corrected chi connectivity index (χ2v) is 5.81. The summed E-state index contributed by atoms with van der Waals surface area (Å²) in [7, 11) is 1.60. The fraction of sp³-hybridized carbons (Fsp3) is 0.167. The molecule has 0 spiro atoms. The van der Waals surface area contributed by atoms with E-state index < -0.39 is 4.92 Å². The van der Waals surface area contributed by atoms with Crippen molar-refractivity contribution < 1.29 is 9.72 Å². The number of aromatic nitrogens is 2. The monoisotopic (exact) mass is 352 g/mol. The number of nitrogens with zero attached hydrogens (tertiary/aromatic N) is 3. The van der Waals surface area contributed by atoms with Crippen molar-refractivity contribution in [2.24, 2.45) is 7.05 Å². The molecule has 8 nitrogen and oxygen atoms in total. The minimum Gasteiger partial charge on any atom is -0.372 e. The molecule has 8 heteroatoms. The van der Waals surface area contributed by atoms with Gasteiger partial charge in [-0.3, -0.25) is 24.3 Å². The van der Waals surface area contributed by atoms with Crippen molar-refractivity contribution >= 4 is 28.1 Å². The molecule has 0 aliphatic carbocycles. The summed E-state index contributed by atoms with van der Waals surface area (Å²) >= 11 is 0. The molecule has 0 radical (unpaired) electrons. The van der Waals surface area contributed by atoms with Gasteiger partial charge >= 0.3 is 0 Å². The van der Waals surface area contributed by atoms with Gasteiger partial charge in [0.15, 0.2) is 5.78 Å². The van der Waals surface area contributed by atoms with E-state index in [1.165, 1.54) is 29.7 Å². The molecule has 0 aliphatic rings. The predicted octanol–water partition coefficient (Wildman–Crippen LogP) is 2.66. The third kappa shape index (κ3) is 3.16. The molecule has 3 rings (SSSR count). The van der Waals surface area contributed by atoms with Crippen LogP contribution >= 0.6 is 0 Å². The van der Waals surface area contributed by atoms with Crippen LogP contribution in [0, 0.1) is 10.1 Å². The summed E-state index contributed by atoms with van der Waals surface area (Å²) in [5.41, 5.74) is 0.687. The van der Waals surface area contributed by atoms with E-state index in [1.54, 1.807) is 31.3 Å². The number of Topliss-reactive ketones (excluding diaryl/α,β-unsaturated/α-hetero) is 1. The molecular weight excluding hydrogens is 336 g/mol. The Kier molecular flexibility index (Phi) is 4.49. The van der Waals surface area contributed by atoms with E-state index in [4.69, 9.17) is 0 Å². The number of ketones is 1. The lowest BCUT2D eigenvalue weighted by atomic mass is 10.1. The van der Waals surface area contributed by atoms with Crippen LogP contribution in [0.15, 0.2) is 47.3 Å². The molecular formula is C18H16N4O4. The van der Waals surface area contributed by atoms with Crippen molar-refractivity contribution in [3.05, 3.63) is 74.3 Å². The molecule has 0 fully saturated rings. The highest BCUT2D eigenvalue weighted by atomic mass is 16.6. The lowest BCUT2D eigenvalue weighted by Crippen LogP contribution is -2.24. The molecule has 0 atom stereocenters. The van der Waals surface area contributed by atoms with Gasteiger partial charge in [0.25, 0.3) is 11.2 Å². The average molecular weight is 352 g/mol. The SMILES string of the molecule is CC(=O)c1ccc(NCc2nc3ccccc3c(=O)n2C)c([N+](=O)[O-])c1. The summed E-state index contributed by atoms with van der Waals surface area (Å²) in [6, 6.07) is 11.2. The van der Waals surface area contributed by atoms with Gasteiger partial charge in [-0.15, -0.1) is 0 Å². The number of nitrogens with one attached hydrogen (secondary N) is 1. The van der Waals surface area contributed by atoms with Crippen LogP contribution in [-0.2, 0) is 13.6 Å². The average Bonchev–Trinajstić information content (AvgIpc) is 2.63. The summed E-state index contributed by atoms with van der Waals surface area (Å²) in [6.45, 7) is 1.47. The van der Waals surface area contributed by atoms with E-state index in [0.29, 0.717) is 16.7 Å². The molecule has 2 aromatic carbocycles. The fourth-order valence-corrected chi connectivity index (χ4v) is 2.65. The Balaban J connectivity index is 1.96. The Labute approximate surface area is 148 Å². The van der Waals surface area contributed by atoms with E-state index in [2.05, 4.69) is 10.3 Å². The van der Waals surface area contributed by atoms with E-state index in [9.17, 15) is 19.7 Å². The van der Waals surface area contributed by atoms with Crippen molar-refractivity contribution in [1.82, 2.24) is 9.55 Å². The quantitative estimate of drug-likeness (QED) is 0.430. The number of carbonyl (C=O) groups is 1. The Bertz CT molecular complexity index is 1090. The second kappa shape index (κ2) is 6.75. The summed E-state index contributed by atoms with van der Waals surface area (Å²) in [5.74, 6) is 0.192. The maximum Gasteiger partial charge on any atom is 0.293 e. The standard InChI is InChI=1S/C18H16N4O4/c1-11(23)12-7-8-15(16(9-12)22(25)26)19-10-17-20-14-6-4-3-5-13(14)18(24)21(17)2/h3-9,19H,10H2,1-2H3. The number of hydrogen-bond donors (Lipinski definition) is 1. The first-order valence-corrected chi connectivity index (χ1v) is 7.86. The van der Waals surface area contributed by atoms with Gasteiger partial charge in [-0.2, -0.15) is 0 Å². The molecule has 3 aromatic rings. The largest absolute Gasteiger partial charge is 0.372 e. The van der Waals surface area contributed by atoms with Gasteiger partial charge < -0.3 is 5.32 Å². The van der Waals surface area contributed by atoms with E-state index in [-0.39, 0.29) is 34.8 Å². The first kappa shape index (κ1) is 17.3. The van der Waals surface area contributed by atoms with Crippen LogP contribution in [0.1, 0.15) is 23.1 Å². The van der Waals surface area contributed by atoms with Crippen LogP contribution in [-0.4, -0.2) is 20.3 Å². The van der Waals surface area contributed by atoms with E-state index in [0.717, 1.165) is 0 Å². The molecule has 132 valence electrons. The van der Waals surface area contributed by atoms with Crippen LogP contribution in [0.4, 0.5) is 11.4 Å². The minimum absolute atomic E-state index is 0.122. The fourth-order valence-electron chi connectivity index (χ4n) is 2.65. The zero-order valence-electron chi connectivity index (χ0n) is 14.2. The third-order valence-electron chi connectivity index (χ3n) is 4.11. The number of hydrogen-bond acceptors (Lipinski definition) is 6. The molecule has 0 unspecified atom stereocenters. The topological polar surface area (TPSA) is 107 Å². The van der Waals surface area contributed by atoms with Crippen molar-refractivity contribution in [3.8, 4) is 0 Å². The first-order chi connectivity index (χ1) is 12.4. The van der Waals surface area contributed by atoms with Gasteiger partial charge in [0.05, 0.1) is 22.4 Å². The number of rotatable bonds is 5. The van der Waals surface area contributed by atoms with Gasteiger partial charge in [-0.25, -0.2) is 4.98 Å². The Hall–Kier alpha value is -3.55. The summed E-state index contributed by atoms with van der Waals surface area (Å²) in [6.07, 6.45) is 0. The highest BCUT2D eigenvalue weighted by Gasteiger charge is 2.17. The van der Waals surface area contributed by atoms with Crippen LogP contribution in [0.5, 0.6) is 0 Å². The molecule has 0 aliphatic heterocycles. The van der Waals surface area contributed by atoms with Gasteiger partial charge in [0.1, 0.15) is 11.5 Å². The number of fused-ring (bicyclic) bond motifs is 1. The van der Waals surface area contributed by atoms with Crippen molar-refractivity contribution in [2.45, 2.75) is 13.5 Å². The van der Waals surface area contributed by atoms with Crippen LogP contribution in [0.25, 0.3) is 10.9 Å². The molecule has 0 saturated heterocycles. The highest BCUT2D eigenvalue weighted by molar-refractivity contribution is 5.95.